The highest BCUT2D eigenvalue weighted by atomic mass is 79.9. The lowest BCUT2D eigenvalue weighted by Gasteiger charge is -2.07. The van der Waals surface area contributed by atoms with Gasteiger partial charge < -0.3 is 56.3 Å². The van der Waals surface area contributed by atoms with Crippen molar-refractivity contribution in [1.82, 2.24) is 9.13 Å². The molecule has 0 atom stereocenters. The van der Waals surface area contributed by atoms with E-state index in [0.717, 1.165) is 26.2 Å². The average Bonchev–Trinajstić information content (AvgIpc) is 3.42. The van der Waals surface area contributed by atoms with Crippen LogP contribution in [-0.2, 0) is 13.1 Å². The van der Waals surface area contributed by atoms with Crippen molar-refractivity contribution in [3.8, 4) is 11.4 Å². The zero-order chi connectivity index (χ0) is 27.1. The minimum atomic E-state index is -0.750. The molecule has 2 N–H and O–H groups in total. The number of nitrogens with zero attached hydrogens (tertiary/aromatic N) is 4. The zero-order valence-electron chi connectivity index (χ0n) is 23.8. The second kappa shape index (κ2) is 18.6. The number of aryl methyl sites for hydroxylation is 6. The highest BCUT2D eigenvalue weighted by Crippen LogP contribution is 2.21. The lowest BCUT2D eigenvalue weighted by molar-refractivity contribution is -0.781. The predicted octanol–water partition coefficient (Wildman–Crippen LogP) is -4.04. The van der Waals surface area contributed by atoms with Gasteiger partial charge in [0, 0.05) is 0 Å². The van der Waals surface area contributed by atoms with Gasteiger partial charge in [-0.25, -0.2) is 18.3 Å². The van der Waals surface area contributed by atoms with E-state index in [1.807, 2.05) is 0 Å². The zero-order valence-corrected chi connectivity index (χ0v) is 30.8. The van der Waals surface area contributed by atoms with Gasteiger partial charge in [0.05, 0.1) is 0 Å². The van der Waals surface area contributed by atoms with E-state index in [-0.39, 0.29) is 50.9 Å². The third-order valence-electron chi connectivity index (χ3n) is 6.35. The molecule has 5 nitrogen and oxygen atoms in total. The SMILES string of the molecule is Cc1cc(C)c(-n2cc[n+](CC[NH2+]CC[n+]3ccn(-c4c(C)cc(C)cc4C)c3)c2)c(C)c1.ClC(Cl)Cl.[Br-].[Br-].[Br-]. The lowest BCUT2D eigenvalue weighted by Crippen LogP contribution is -3.00. The van der Waals surface area contributed by atoms with Crippen LogP contribution < -0.4 is 65.4 Å². The van der Waals surface area contributed by atoms with Crippen molar-refractivity contribution < 1.29 is 65.4 Å². The Bertz CT molecular complexity index is 1190. The molecule has 4 rings (SSSR count). The fraction of sp³-hybridized carbons (Fsp3) is 0.379. The van der Waals surface area contributed by atoms with Gasteiger partial charge in [0.15, 0.2) is 4.30 Å². The number of imidazole rings is 2. The molecule has 222 valence electrons. The van der Waals surface area contributed by atoms with Gasteiger partial charge in [-0.1, -0.05) is 70.2 Å². The summed E-state index contributed by atoms with van der Waals surface area (Å²) < 4.78 is 8.30. The van der Waals surface area contributed by atoms with Gasteiger partial charge in [-0.2, -0.15) is 0 Å². The van der Waals surface area contributed by atoms with Crippen molar-refractivity contribution >= 4 is 34.8 Å². The minimum absolute atomic E-state index is 0. The number of nitrogens with two attached hydrogens (primary N) is 1. The first kappa shape index (κ1) is 39.1. The largest absolute Gasteiger partial charge is 1.00 e. The number of hydrogen-bond donors (Lipinski definition) is 1. The molecule has 2 aromatic carbocycles. The molecule has 0 aliphatic carbocycles. The highest BCUT2D eigenvalue weighted by molar-refractivity contribution is 6.63. The fourth-order valence-electron chi connectivity index (χ4n) is 5.10. The van der Waals surface area contributed by atoms with E-state index in [1.165, 1.54) is 44.8 Å². The molecule has 0 radical (unpaired) electrons. The van der Waals surface area contributed by atoms with E-state index in [2.05, 4.69) is 127 Å². The molecule has 2 heterocycles. The Morgan fingerprint density at radius 3 is 1.23 bits per heavy atom. The van der Waals surface area contributed by atoms with E-state index < -0.39 is 4.30 Å². The molecule has 4 aromatic rings. The molecule has 0 aliphatic rings. The lowest BCUT2D eigenvalue weighted by atomic mass is 10.1. The summed E-state index contributed by atoms with van der Waals surface area (Å²) in [5.41, 5.74) is 10.5. The van der Waals surface area contributed by atoms with Crippen molar-refractivity contribution in [3.05, 3.63) is 95.1 Å². The molecular formula is C29H39Br3Cl3N5. The molecule has 0 spiro atoms. The summed E-state index contributed by atoms with van der Waals surface area (Å²) in [5.74, 6) is 0. The van der Waals surface area contributed by atoms with Crippen molar-refractivity contribution in [2.45, 2.75) is 58.9 Å². The minimum Gasteiger partial charge on any atom is -1.00 e. The molecule has 0 aliphatic heterocycles. The Morgan fingerprint density at radius 2 is 0.925 bits per heavy atom. The number of hydrogen-bond acceptors (Lipinski definition) is 0. The average molecular weight is 804 g/mol. The highest BCUT2D eigenvalue weighted by Gasteiger charge is 2.14. The Hall–Kier alpha value is -0.870. The maximum atomic E-state index is 4.81. The van der Waals surface area contributed by atoms with Gasteiger partial charge in [0.25, 0.3) is 0 Å². The number of benzene rings is 2. The summed E-state index contributed by atoms with van der Waals surface area (Å²) in [6.45, 7) is 17.2. The van der Waals surface area contributed by atoms with E-state index in [4.69, 9.17) is 34.8 Å². The number of quaternary nitrogens is 1. The van der Waals surface area contributed by atoms with Gasteiger partial charge in [-0.3, -0.25) is 0 Å². The summed E-state index contributed by atoms with van der Waals surface area (Å²) >= 11 is 14.4. The van der Waals surface area contributed by atoms with Crippen LogP contribution in [0.3, 0.4) is 0 Å². The quantitative estimate of drug-likeness (QED) is 0.107. The summed E-state index contributed by atoms with van der Waals surface area (Å²) in [6, 6.07) is 9.03. The fourth-order valence-corrected chi connectivity index (χ4v) is 5.10. The number of halogens is 6. The first-order valence-corrected chi connectivity index (χ1v) is 13.9. The Labute approximate surface area is 285 Å². The Kier molecular flexibility index (Phi) is 18.2. The summed E-state index contributed by atoms with van der Waals surface area (Å²) in [4.78, 5) is 0. The Balaban J connectivity index is 0.00000204. The van der Waals surface area contributed by atoms with Crippen LogP contribution >= 0.6 is 34.8 Å². The van der Waals surface area contributed by atoms with E-state index in [9.17, 15) is 0 Å². The van der Waals surface area contributed by atoms with Crippen LogP contribution in [-0.4, -0.2) is 26.5 Å². The van der Waals surface area contributed by atoms with Crippen LogP contribution in [0.5, 0.6) is 0 Å². The Morgan fingerprint density at radius 1 is 0.625 bits per heavy atom. The van der Waals surface area contributed by atoms with Crippen LogP contribution in [0.4, 0.5) is 0 Å². The first-order valence-electron chi connectivity index (χ1n) is 12.6. The maximum Gasteiger partial charge on any atom is 0.249 e. The third-order valence-corrected chi connectivity index (χ3v) is 6.35. The van der Waals surface area contributed by atoms with E-state index >= 15 is 0 Å². The second-order valence-electron chi connectivity index (χ2n) is 9.73. The van der Waals surface area contributed by atoms with Crippen LogP contribution in [0.2, 0.25) is 0 Å². The monoisotopic (exact) mass is 799 g/mol. The van der Waals surface area contributed by atoms with Crippen molar-refractivity contribution in [2.75, 3.05) is 13.1 Å². The maximum absolute atomic E-state index is 4.81. The van der Waals surface area contributed by atoms with Crippen LogP contribution in [0.1, 0.15) is 33.4 Å². The number of rotatable bonds is 8. The van der Waals surface area contributed by atoms with E-state index in [1.54, 1.807) is 0 Å². The molecule has 2 aromatic heterocycles. The van der Waals surface area contributed by atoms with Gasteiger partial charge in [0.1, 0.15) is 62.3 Å². The molecule has 0 saturated carbocycles. The van der Waals surface area contributed by atoms with Gasteiger partial charge in [-0.15, -0.1) is 0 Å². The molecular weight excluding hydrogens is 764 g/mol. The van der Waals surface area contributed by atoms with Crippen molar-refractivity contribution in [2.24, 2.45) is 0 Å². The van der Waals surface area contributed by atoms with Gasteiger partial charge >= 0.3 is 0 Å². The molecule has 40 heavy (non-hydrogen) atoms. The molecule has 0 saturated heterocycles. The summed E-state index contributed by atoms with van der Waals surface area (Å²) in [6.07, 6.45) is 13.1. The topological polar surface area (TPSA) is 34.2 Å². The molecule has 11 heteroatoms. The molecule has 0 bridgehead atoms. The first-order chi connectivity index (χ1) is 17.5. The molecule has 0 amide bonds. The summed E-state index contributed by atoms with van der Waals surface area (Å²) in [5, 5.41) is 2.40. The summed E-state index contributed by atoms with van der Waals surface area (Å²) in [7, 11) is 0. The smallest absolute Gasteiger partial charge is 0.249 e. The molecule has 0 fully saturated rings. The van der Waals surface area contributed by atoms with Crippen LogP contribution in [0, 0.1) is 41.5 Å². The third kappa shape index (κ3) is 11.4. The van der Waals surface area contributed by atoms with E-state index in [0.29, 0.717) is 0 Å². The number of alkyl halides is 3. The van der Waals surface area contributed by atoms with Gasteiger partial charge in [0.2, 0.25) is 12.7 Å². The number of aromatic nitrogens is 4. The van der Waals surface area contributed by atoms with Crippen molar-refractivity contribution in [1.29, 1.82) is 0 Å². The standard InChI is InChI=1S/C28H37N5.CHCl3.3BrH/c1-21-15-23(3)27(24(4)16-21)32-13-11-30(19-32)9-7-29-8-10-31-12-14-33(20-31)28-25(5)17-22(2)18-26(28)6;2-1(3)4;;;/h11-20,29H,7-10H2,1-6H3;1H;3*1H/q+2;;;;/p-2. The molecule has 0 unspecified atom stereocenters. The van der Waals surface area contributed by atoms with Crippen LogP contribution in [0.15, 0.2) is 61.7 Å². The van der Waals surface area contributed by atoms with Crippen LogP contribution in [0.25, 0.3) is 11.4 Å². The van der Waals surface area contributed by atoms with Crippen molar-refractivity contribution in [3.63, 3.8) is 0 Å². The second-order valence-corrected chi connectivity index (χ2v) is 11.7. The normalized spacial score (nSPS) is 10.2. The predicted molar refractivity (Wildman–Crippen MR) is 153 cm³/mol. The van der Waals surface area contributed by atoms with Gasteiger partial charge in [-0.05, 0) is 63.8 Å².